The second-order valence-electron chi connectivity index (χ2n) is 7.17. The molecule has 0 fully saturated rings. The molecule has 0 saturated carbocycles. The molecule has 1 aliphatic heterocycles. The largest absolute Gasteiger partial charge is 0.493 e. The van der Waals surface area contributed by atoms with Gasteiger partial charge in [-0.3, -0.25) is 0 Å². The van der Waals surface area contributed by atoms with Crippen LogP contribution in [0.1, 0.15) is 16.7 Å². The number of likely N-dealkylation sites (N-methyl/N-ethyl adjacent to an activating group) is 1. The van der Waals surface area contributed by atoms with Gasteiger partial charge in [0.1, 0.15) is 0 Å². The summed E-state index contributed by atoms with van der Waals surface area (Å²) in [5, 5.41) is 1.25. The molecule has 0 atom stereocenters. The molecule has 0 aliphatic carbocycles. The number of aromatic nitrogens is 1. The van der Waals surface area contributed by atoms with Gasteiger partial charge in [0.2, 0.25) is 5.88 Å². The zero-order chi connectivity index (χ0) is 19.5. The van der Waals surface area contributed by atoms with Gasteiger partial charge in [-0.1, -0.05) is 24.3 Å². The lowest BCUT2D eigenvalue weighted by molar-refractivity contribution is 0.277. The van der Waals surface area contributed by atoms with E-state index in [1.54, 1.807) is 14.2 Å². The minimum absolute atomic E-state index is 0.566. The summed E-state index contributed by atoms with van der Waals surface area (Å²) in [6.07, 6.45) is 1.81. The summed E-state index contributed by atoms with van der Waals surface area (Å²) < 4.78 is 16.9. The number of fused-ring (bicyclic) bond motifs is 3. The quantitative estimate of drug-likeness (QED) is 0.652. The fourth-order valence-electron chi connectivity index (χ4n) is 3.82. The second kappa shape index (κ2) is 8.07. The van der Waals surface area contributed by atoms with Crippen LogP contribution >= 0.6 is 0 Å². The highest BCUT2D eigenvalue weighted by Gasteiger charge is 2.21. The second-order valence-corrected chi connectivity index (χ2v) is 7.17. The number of hydrogen-bond acceptors (Lipinski definition) is 5. The van der Waals surface area contributed by atoms with Gasteiger partial charge in [-0.05, 0) is 42.8 Å². The molecule has 0 N–H and O–H groups in total. The van der Waals surface area contributed by atoms with Crippen LogP contribution in [-0.2, 0) is 19.4 Å². The van der Waals surface area contributed by atoms with E-state index in [-0.39, 0.29) is 0 Å². The van der Waals surface area contributed by atoms with Crippen molar-refractivity contribution in [1.82, 2.24) is 9.88 Å². The molecule has 0 bridgehead atoms. The van der Waals surface area contributed by atoms with Gasteiger partial charge in [0, 0.05) is 30.5 Å². The minimum atomic E-state index is 0.566. The molecule has 0 amide bonds. The molecule has 0 unspecified atom stereocenters. The predicted octanol–water partition coefficient (Wildman–Crippen LogP) is 3.86. The first-order chi connectivity index (χ1) is 13.7. The van der Waals surface area contributed by atoms with Crippen LogP contribution in [0.15, 0.2) is 42.5 Å². The number of pyridine rings is 1. The first-order valence-corrected chi connectivity index (χ1v) is 9.62. The monoisotopic (exact) mass is 378 g/mol. The number of para-hydroxylation sites is 1. The Hall–Kier alpha value is -2.79. The SMILES string of the molecule is COc1ccc(CCOc2nc3ccccc3c3c2CN(C)CC3)cc1OC. The van der Waals surface area contributed by atoms with E-state index in [1.165, 1.54) is 16.5 Å². The minimum Gasteiger partial charge on any atom is -0.493 e. The van der Waals surface area contributed by atoms with Crippen LogP contribution in [0.25, 0.3) is 10.9 Å². The summed E-state index contributed by atoms with van der Waals surface area (Å²) >= 11 is 0. The summed E-state index contributed by atoms with van der Waals surface area (Å²) in [6.45, 7) is 2.50. The molecular formula is C23H26N2O3. The van der Waals surface area contributed by atoms with Gasteiger partial charge in [-0.2, -0.15) is 0 Å². The fraction of sp³-hybridized carbons (Fsp3) is 0.348. The van der Waals surface area contributed by atoms with E-state index in [2.05, 4.69) is 30.1 Å². The van der Waals surface area contributed by atoms with E-state index < -0.39 is 0 Å². The van der Waals surface area contributed by atoms with Gasteiger partial charge >= 0.3 is 0 Å². The fourth-order valence-corrected chi connectivity index (χ4v) is 3.82. The lowest BCUT2D eigenvalue weighted by atomic mass is 9.96. The normalized spacial score (nSPS) is 14.0. The Bertz CT molecular complexity index is 987. The van der Waals surface area contributed by atoms with E-state index in [0.717, 1.165) is 54.4 Å². The molecule has 28 heavy (non-hydrogen) atoms. The molecule has 2 heterocycles. The maximum Gasteiger partial charge on any atom is 0.218 e. The van der Waals surface area contributed by atoms with Crippen LogP contribution in [0.2, 0.25) is 0 Å². The van der Waals surface area contributed by atoms with Gasteiger partial charge in [0.25, 0.3) is 0 Å². The van der Waals surface area contributed by atoms with Crippen molar-refractivity contribution in [2.24, 2.45) is 0 Å². The first-order valence-electron chi connectivity index (χ1n) is 9.62. The summed E-state index contributed by atoms with van der Waals surface area (Å²) in [4.78, 5) is 7.14. The third-order valence-corrected chi connectivity index (χ3v) is 5.32. The van der Waals surface area contributed by atoms with E-state index in [1.807, 2.05) is 24.3 Å². The molecule has 0 spiro atoms. The van der Waals surface area contributed by atoms with Crippen molar-refractivity contribution in [3.63, 3.8) is 0 Å². The molecule has 0 radical (unpaired) electrons. The molecule has 2 aromatic carbocycles. The Balaban J connectivity index is 1.56. The number of nitrogens with zero attached hydrogens (tertiary/aromatic N) is 2. The van der Waals surface area contributed by atoms with E-state index in [4.69, 9.17) is 19.2 Å². The third kappa shape index (κ3) is 3.62. The van der Waals surface area contributed by atoms with Crippen molar-refractivity contribution < 1.29 is 14.2 Å². The van der Waals surface area contributed by atoms with Crippen LogP contribution in [0.5, 0.6) is 17.4 Å². The molecule has 1 aromatic heterocycles. The average Bonchev–Trinajstić information content (AvgIpc) is 2.73. The maximum absolute atomic E-state index is 6.19. The number of ether oxygens (including phenoxy) is 3. The topological polar surface area (TPSA) is 43.8 Å². The van der Waals surface area contributed by atoms with Crippen molar-refractivity contribution in [2.75, 3.05) is 34.4 Å². The van der Waals surface area contributed by atoms with Gasteiger partial charge in [-0.15, -0.1) is 0 Å². The number of methoxy groups -OCH3 is 2. The highest BCUT2D eigenvalue weighted by atomic mass is 16.5. The van der Waals surface area contributed by atoms with Crippen molar-refractivity contribution in [3.05, 3.63) is 59.2 Å². The van der Waals surface area contributed by atoms with Crippen molar-refractivity contribution in [1.29, 1.82) is 0 Å². The molecule has 4 rings (SSSR count). The molecule has 146 valence electrons. The Morgan fingerprint density at radius 1 is 1.00 bits per heavy atom. The third-order valence-electron chi connectivity index (χ3n) is 5.32. The van der Waals surface area contributed by atoms with E-state index in [9.17, 15) is 0 Å². The summed E-state index contributed by atoms with van der Waals surface area (Å²) in [7, 11) is 5.44. The van der Waals surface area contributed by atoms with Crippen molar-refractivity contribution >= 4 is 10.9 Å². The highest BCUT2D eigenvalue weighted by molar-refractivity contribution is 5.84. The Morgan fingerprint density at radius 3 is 2.64 bits per heavy atom. The average molecular weight is 378 g/mol. The Morgan fingerprint density at radius 2 is 1.82 bits per heavy atom. The Labute approximate surface area is 165 Å². The first kappa shape index (κ1) is 18.6. The number of hydrogen-bond donors (Lipinski definition) is 0. The van der Waals surface area contributed by atoms with Crippen molar-refractivity contribution in [3.8, 4) is 17.4 Å². The Kier molecular flexibility index (Phi) is 5.35. The zero-order valence-electron chi connectivity index (χ0n) is 16.7. The zero-order valence-corrected chi connectivity index (χ0v) is 16.7. The van der Waals surface area contributed by atoms with Crippen LogP contribution in [0.3, 0.4) is 0 Å². The lowest BCUT2D eigenvalue weighted by Crippen LogP contribution is -2.27. The van der Waals surface area contributed by atoms with Gasteiger partial charge < -0.3 is 19.1 Å². The van der Waals surface area contributed by atoms with E-state index >= 15 is 0 Å². The van der Waals surface area contributed by atoms with Crippen LogP contribution in [-0.4, -0.2) is 44.3 Å². The maximum atomic E-state index is 6.19. The number of rotatable bonds is 6. The smallest absolute Gasteiger partial charge is 0.218 e. The molecule has 5 heteroatoms. The molecular weight excluding hydrogens is 352 g/mol. The van der Waals surface area contributed by atoms with Crippen LogP contribution < -0.4 is 14.2 Å². The lowest BCUT2D eigenvalue weighted by Gasteiger charge is -2.27. The highest BCUT2D eigenvalue weighted by Crippen LogP contribution is 2.32. The summed E-state index contributed by atoms with van der Waals surface area (Å²) in [6, 6.07) is 14.3. The van der Waals surface area contributed by atoms with E-state index in [0.29, 0.717) is 6.61 Å². The van der Waals surface area contributed by atoms with Crippen LogP contribution in [0, 0.1) is 0 Å². The molecule has 5 nitrogen and oxygen atoms in total. The van der Waals surface area contributed by atoms with Crippen molar-refractivity contribution in [2.45, 2.75) is 19.4 Å². The summed E-state index contributed by atoms with van der Waals surface area (Å²) in [5.74, 6) is 2.24. The summed E-state index contributed by atoms with van der Waals surface area (Å²) in [5.41, 5.74) is 4.75. The number of benzene rings is 2. The van der Waals surface area contributed by atoms with Gasteiger partial charge in [0.15, 0.2) is 11.5 Å². The van der Waals surface area contributed by atoms with Crippen LogP contribution in [0.4, 0.5) is 0 Å². The molecule has 1 aliphatic rings. The predicted molar refractivity (Wildman–Crippen MR) is 111 cm³/mol. The molecule has 3 aromatic rings. The van der Waals surface area contributed by atoms with Gasteiger partial charge in [0.05, 0.1) is 26.3 Å². The van der Waals surface area contributed by atoms with Gasteiger partial charge in [-0.25, -0.2) is 4.98 Å². The molecule has 0 saturated heterocycles. The standard InChI is InChI=1S/C23H26N2O3/c1-25-12-10-17-18-6-4-5-7-20(18)24-23(19(17)15-25)28-13-11-16-8-9-21(26-2)22(14-16)27-3/h4-9,14H,10-13,15H2,1-3H3.